The van der Waals surface area contributed by atoms with Crippen molar-refractivity contribution in [3.8, 4) is 0 Å². The van der Waals surface area contributed by atoms with E-state index >= 15 is 0 Å². The van der Waals surface area contributed by atoms with Crippen LogP contribution in [0.2, 0.25) is 0 Å². The number of fused-ring (bicyclic) bond motifs is 1. The smallest absolute Gasteiger partial charge is 0.306 e. The second-order valence-corrected chi connectivity index (χ2v) is 12.4. The molecule has 7 heteroatoms. The molecule has 1 aliphatic heterocycles. The predicted octanol–water partition coefficient (Wildman–Crippen LogP) is 4.42. The molecule has 1 heterocycles. The Balaban J connectivity index is 1.27. The van der Waals surface area contributed by atoms with Gasteiger partial charge in [-0.05, 0) is 81.8 Å². The molecule has 166 valence electrons. The van der Waals surface area contributed by atoms with Crippen LogP contribution in [-0.2, 0) is 19.1 Å². The van der Waals surface area contributed by atoms with Crippen molar-refractivity contribution in [2.75, 3.05) is 16.8 Å². The minimum atomic E-state index is -1.07. The molecule has 0 radical (unpaired) electrons. The van der Waals surface area contributed by atoms with Gasteiger partial charge in [0, 0.05) is 4.32 Å². The van der Waals surface area contributed by atoms with E-state index in [9.17, 15) is 14.4 Å². The molecule has 1 aromatic rings. The van der Waals surface area contributed by atoms with E-state index in [1.807, 2.05) is 12.1 Å². The van der Waals surface area contributed by atoms with Crippen molar-refractivity contribution in [3.63, 3.8) is 0 Å². The zero-order chi connectivity index (χ0) is 22.0. The molecule has 2 amide bonds. The molecule has 6 rings (SSSR count). The van der Waals surface area contributed by atoms with Gasteiger partial charge < -0.3 is 10.1 Å². The van der Waals surface area contributed by atoms with E-state index in [4.69, 9.17) is 4.74 Å². The Kier molecular flexibility index (Phi) is 4.78. The summed E-state index contributed by atoms with van der Waals surface area (Å²) in [5.41, 5.74) is 0.142. The molecular weight excluding hydrogens is 460 g/mol. The van der Waals surface area contributed by atoms with Crippen molar-refractivity contribution in [1.82, 2.24) is 0 Å². The van der Waals surface area contributed by atoms with Gasteiger partial charge in [0.25, 0.3) is 5.91 Å². The maximum atomic E-state index is 13.1. The van der Waals surface area contributed by atoms with Gasteiger partial charge in [-0.2, -0.15) is 0 Å². The first-order valence-electron chi connectivity index (χ1n) is 11.2. The van der Waals surface area contributed by atoms with Gasteiger partial charge in [-0.15, -0.1) is 0 Å². The Labute approximate surface area is 191 Å². The van der Waals surface area contributed by atoms with Crippen LogP contribution < -0.4 is 10.2 Å². The molecule has 4 aliphatic carbocycles. The average Bonchev–Trinajstić information content (AvgIpc) is 2.64. The number of rotatable bonds is 4. The molecule has 31 heavy (non-hydrogen) atoms. The lowest BCUT2D eigenvalue weighted by Crippen LogP contribution is -2.59. The fraction of sp³-hybridized carbons (Fsp3) is 0.625. The van der Waals surface area contributed by atoms with Crippen LogP contribution in [0.15, 0.2) is 24.3 Å². The molecular formula is C24H29BrN2O4. The van der Waals surface area contributed by atoms with Crippen molar-refractivity contribution in [2.24, 2.45) is 17.3 Å². The van der Waals surface area contributed by atoms with Gasteiger partial charge in [-0.1, -0.05) is 28.1 Å². The number of para-hydroxylation sites is 2. The molecule has 5 aliphatic rings. The van der Waals surface area contributed by atoms with Gasteiger partial charge in [0.2, 0.25) is 5.91 Å². The van der Waals surface area contributed by atoms with Crippen molar-refractivity contribution in [2.45, 2.75) is 68.7 Å². The Morgan fingerprint density at radius 1 is 1.16 bits per heavy atom. The molecule has 6 nitrogen and oxygen atoms in total. The lowest BCUT2D eigenvalue weighted by Gasteiger charge is -2.60. The highest BCUT2D eigenvalue weighted by atomic mass is 79.9. The number of anilines is 2. The van der Waals surface area contributed by atoms with Crippen LogP contribution in [0.5, 0.6) is 0 Å². The van der Waals surface area contributed by atoms with Crippen molar-refractivity contribution in [3.05, 3.63) is 24.3 Å². The van der Waals surface area contributed by atoms with Gasteiger partial charge in [0.1, 0.15) is 5.54 Å². The molecule has 2 unspecified atom stereocenters. The SMILES string of the molecule is CC1(C)C(=O)Nc2ccccc2N1C(=O)COC(=O)CC12CC3CC(CC(Br)(C3)C1)C2. The number of hydrogen-bond acceptors (Lipinski definition) is 4. The van der Waals surface area contributed by atoms with Gasteiger partial charge in [-0.3, -0.25) is 19.3 Å². The van der Waals surface area contributed by atoms with Crippen molar-refractivity contribution < 1.29 is 19.1 Å². The third-order valence-corrected chi connectivity index (χ3v) is 8.67. The predicted molar refractivity (Wildman–Crippen MR) is 121 cm³/mol. The van der Waals surface area contributed by atoms with Crippen molar-refractivity contribution in [1.29, 1.82) is 0 Å². The van der Waals surface area contributed by atoms with E-state index < -0.39 is 5.54 Å². The number of alkyl halides is 1. The minimum absolute atomic E-state index is 0.00456. The van der Waals surface area contributed by atoms with Gasteiger partial charge >= 0.3 is 5.97 Å². The van der Waals surface area contributed by atoms with E-state index in [0.29, 0.717) is 29.6 Å². The first-order chi connectivity index (χ1) is 14.6. The zero-order valence-corrected chi connectivity index (χ0v) is 19.7. The van der Waals surface area contributed by atoms with Gasteiger partial charge in [0.15, 0.2) is 6.61 Å². The maximum Gasteiger partial charge on any atom is 0.306 e. The van der Waals surface area contributed by atoms with Crippen LogP contribution in [0, 0.1) is 17.3 Å². The fourth-order valence-electron chi connectivity index (χ4n) is 7.01. The monoisotopic (exact) mass is 488 g/mol. The summed E-state index contributed by atoms with van der Waals surface area (Å²) in [6.45, 7) is 3.04. The Morgan fingerprint density at radius 3 is 2.52 bits per heavy atom. The van der Waals surface area contributed by atoms with Crippen LogP contribution in [-0.4, -0.2) is 34.3 Å². The Bertz CT molecular complexity index is 945. The average molecular weight is 489 g/mol. The first kappa shape index (κ1) is 21.0. The van der Waals surface area contributed by atoms with Gasteiger partial charge in [-0.25, -0.2) is 0 Å². The lowest BCUT2D eigenvalue weighted by atomic mass is 9.49. The van der Waals surface area contributed by atoms with Crippen molar-refractivity contribution >= 4 is 45.1 Å². The standard InChI is InChI=1S/C24H29BrN2O4/c1-22(2)21(30)26-17-5-3-4-6-18(17)27(22)19(28)13-31-20(29)12-23-8-15-7-16(9-23)11-24(25,10-15)14-23/h3-6,15-16H,7-14H2,1-2H3,(H,26,30). The molecule has 1 aromatic carbocycles. The Morgan fingerprint density at radius 2 is 1.84 bits per heavy atom. The number of carbonyl (C=O) groups is 3. The topological polar surface area (TPSA) is 75.7 Å². The van der Waals surface area contributed by atoms with Crippen LogP contribution in [0.4, 0.5) is 11.4 Å². The van der Waals surface area contributed by atoms with E-state index in [1.54, 1.807) is 26.0 Å². The zero-order valence-electron chi connectivity index (χ0n) is 18.1. The summed E-state index contributed by atoms with van der Waals surface area (Å²) in [5.74, 6) is 0.433. The van der Waals surface area contributed by atoms with Gasteiger partial charge in [0.05, 0.1) is 17.8 Å². The summed E-state index contributed by atoms with van der Waals surface area (Å²) in [6.07, 6.45) is 7.28. The van der Waals surface area contributed by atoms with Crippen LogP contribution in [0.25, 0.3) is 0 Å². The number of amides is 2. The third-order valence-electron chi connectivity index (χ3n) is 7.74. The number of hydrogen-bond donors (Lipinski definition) is 1. The minimum Gasteiger partial charge on any atom is -0.456 e. The van der Waals surface area contributed by atoms with E-state index in [2.05, 4.69) is 21.2 Å². The summed E-state index contributed by atoms with van der Waals surface area (Å²) in [7, 11) is 0. The molecule has 2 atom stereocenters. The second-order valence-electron chi connectivity index (χ2n) is 10.7. The van der Waals surface area contributed by atoms with E-state index in [0.717, 1.165) is 19.3 Å². The van der Waals surface area contributed by atoms with E-state index in [-0.39, 0.29) is 34.1 Å². The highest BCUT2D eigenvalue weighted by Gasteiger charge is 2.57. The summed E-state index contributed by atoms with van der Waals surface area (Å²) in [5, 5.41) is 2.84. The largest absolute Gasteiger partial charge is 0.456 e. The number of nitrogens with one attached hydrogen (secondary N) is 1. The lowest BCUT2D eigenvalue weighted by molar-refractivity contribution is -0.154. The number of benzene rings is 1. The van der Waals surface area contributed by atoms with Crippen LogP contribution >= 0.6 is 15.9 Å². The second kappa shape index (κ2) is 7.06. The molecule has 0 spiro atoms. The van der Waals surface area contributed by atoms with Crippen LogP contribution in [0.3, 0.4) is 0 Å². The summed E-state index contributed by atoms with van der Waals surface area (Å²) in [6, 6.07) is 7.18. The quantitative estimate of drug-likeness (QED) is 0.502. The highest BCUT2D eigenvalue weighted by molar-refractivity contribution is 9.10. The molecule has 0 saturated heterocycles. The number of esters is 1. The number of carbonyl (C=O) groups excluding carboxylic acids is 3. The number of nitrogens with zero attached hydrogens (tertiary/aromatic N) is 1. The fourth-order valence-corrected chi connectivity index (χ4v) is 8.52. The molecule has 1 N–H and O–H groups in total. The number of halogens is 1. The maximum absolute atomic E-state index is 13.1. The first-order valence-corrected chi connectivity index (χ1v) is 12.0. The normalized spacial score (nSPS) is 34.8. The number of ether oxygens (including phenoxy) is 1. The summed E-state index contributed by atoms with van der Waals surface area (Å²) < 4.78 is 5.68. The summed E-state index contributed by atoms with van der Waals surface area (Å²) in [4.78, 5) is 39.9. The van der Waals surface area contributed by atoms with E-state index in [1.165, 1.54) is 24.2 Å². The molecule has 4 saturated carbocycles. The molecule has 0 aromatic heterocycles. The molecule has 4 bridgehead atoms. The van der Waals surface area contributed by atoms with Crippen LogP contribution in [0.1, 0.15) is 58.8 Å². The summed E-state index contributed by atoms with van der Waals surface area (Å²) >= 11 is 3.98. The third kappa shape index (κ3) is 3.59. The Hall–Kier alpha value is -1.89. The highest BCUT2D eigenvalue weighted by Crippen LogP contribution is 2.65. The molecule has 4 fully saturated rings.